The van der Waals surface area contributed by atoms with E-state index in [9.17, 15) is 10.2 Å². The van der Waals surface area contributed by atoms with Crippen molar-refractivity contribution in [3.63, 3.8) is 0 Å². The number of rotatable bonds is 17. The molecule has 10 rings (SSSR count). The van der Waals surface area contributed by atoms with Crippen molar-refractivity contribution >= 4 is 33.3 Å². The Bertz CT molecular complexity index is 2280. The van der Waals surface area contributed by atoms with Crippen LogP contribution in [0.4, 0.5) is 0 Å². The van der Waals surface area contributed by atoms with Gasteiger partial charge in [-0.05, 0) is 121 Å². The van der Waals surface area contributed by atoms with Crippen LogP contribution in [-0.4, -0.2) is 227 Å². The van der Waals surface area contributed by atoms with Gasteiger partial charge in [0.1, 0.15) is 95.7 Å². The number of aliphatic hydroxyl groups excluding tert-OH is 2. The molecule has 10 heterocycles. The summed E-state index contributed by atoms with van der Waals surface area (Å²) in [6.45, 7) is 73.0. The molecule has 23 heteroatoms. The molecule has 94 heavy (non-hydrogen) atoms. The molecule has 0 radical (unpaired) electrons. The Morgan fingerprint density at radius 3 is 1.05 bits per heavy atom. The molecule has 10 saturated heterocycles. The number of hydrogen-bond donors (Lipinski definition) is 2. The van der Waals surface area contributed by atoms with Crippen LogP contribution >= 0.6 is 8.38 Å². The third-order valence-electron chi connectivity index (χ3n) is 22.9. The SMILES string of the molecule is C.C.C.C.C.CC(C)[C@@]12CO[C@@H]([C@H](C)O1)[C@@H]2O.CC(C)[C@@]12CO[C@@H]([C@H](C)O1)[C@@H]2O[Si](C)(C)C(C)(C)C.CO[C@@H](C)[C@@]12CO[C@@H]([C@H](C)O1)[C@@H]2O[Si](C)(C)C(C)(C)C.C[C@@H]1O[C@@]2([C@H](C)O)CO[C@@H]1[C@@H]2O[Si](C)(C)C(C)(C)C.[C-]#[N+]CCOP(C)O[C@H]1[C@H]2OC[C@]1(C(C)C)O[C@H]2C. The smallest absolute Gasteiger partial charge is 0.238 e. The monoisotopic (exact) mass is 1420 g/mol. The maximum absolute atomic E-state index is 10.1. The van der Waals surface area contributed by atoms with Gasteiger partial charge in [-0.25, -0.2) is 6.57 Å². The molecular weight excluding hydrogens is 1270 g/mol. The first-order valence-electron chi connectivity index (χ1n) is 33.4. The van der Waals surface area contributed by atoms with Crippen LogP contribution < -0.4 is 0 Å². The molecule has 2 N–H and O–H groups in total. The summed E-state index contributed by atoms with van der Waals surface area (Å²) in [5.74, 6) is 1.05. The van der Waals surface area contributed by atoms with E-state index in [-0.39, 0.29) is 155 Å². The second-order valence-electron chi connectivity index (χ2n) is 32.8. The average Bonchev–Trinajstić information content (AvgIpc) is 1.60. The lowest BCUT2D eigenvalue weighted by molar-refractivity contribution is -0.184. The van der Waals surface area contributed by atoms with Crippen molar-refractivity contribution in [2.24, 2.45) is 17.8 Å². The van der Waals surface area contributed by atoms with E-state index in [1.54, 1.807) is 14.0 Å². The second kappa shape index (κ2) is 33.5. The molecule has 0 spiro atoms. The zero-order valence-electron chi connectivity index (χ0n) is 60.8. The third-order valence-corrected chi connectivity index (χ3v) is 37.3. The molecule has 0 aromatic rings. The standard InChI is InChI=1S/C15H30O4Si.C15H30O3Si.C14H28O4Si.C13H22NO4P.C9H16O3.5CH4/c1-10-12-13(19-20(7,8)14(3,4)5)15(18-10,9-17-12)11(2)16-6;1-10(2)15-9-16-12(11(3)17-15)13(15)18-19(7,8)14(4,5)6;1-9-11-12(18-19(6,7)13(3,4)5)14(17-9,8-16-11)10(2)15;1-9(2)13-8-15-11(10(3)17-13)12(13)18-19(5)16-7-6-14-4;1-5(2)9-4-11-7(8(9)10)6(3)12-9;;;;;/h10-13H,9H2,1-8H3;10-13H,9H2,1-8H3;9-12,15H,8H2,1-7H3;9-12H,6-8H2,1-3,5H3;5-8,10H,4H2,1-3H3;5*1H4/t10-,11-,12-,13-,15+;11-,12-,13-,15+;9-,10-,11-,12-,14+;10-,11-,12-,13+,19?;6-,7-,8-,9+;;;;;/m00000...../s1. The molecule has 10 aliphatic heterocycles. The van der Waals surface area contributed by atoms with Gasteiger partial charge in [-0.2, -0.15) is 0 Å². The molecule has 0 amide bonds. The van der Waals surface area contributed by atoms with Gasteiger partial charge in [0.15, 0.2) is 33.3 Å². The number of hydrogen-bond acceptors (Lipinski definition) is 18. The van der Waals surface area contributed by atoms with Crippen LogP contribution in [0.25, 0.3) is 4.85 Å². The Hall–Kier alpha value is -0.149. The van der Waals surface area contributed by atoms with Crippen molar-refractivity contribution < 1.29 is 84.6 Å². The zero-order chi connectivity index (χ0) is 67.6. The summed E-state index contributed by atoms with van der Waals surface area (Å²) in [6.07, 6.45) is -0.918. The minimum Gasteiger partial charge on any atom is -0.408 e. The summed E-state index contributed by atoms with van der Waals surface area (Å²) in [7, 11) is -4.84. The predicted octanol–water partition coefficient (Wildman–Crippen LogP) is 15.1. The minimum absolute atomic E-state index is 0. The molecular formula is C71H146NO18PSi3. The van der Waals surface area contributed by atoms with Crippen molar-refractivity contribution in [1.82, 2.24) is 0 Å². The highest BCUT2D eigenvalue weighted by molar-refractivity contribution is 7.46. The fourth-order valence-electron chi connectivity index (χ4n) is 13.4. The highest BCUT2D eigenvalue weighted by Crippen LogP contribution is 2.54. The van der Waals surface area contributed by atoms with Crippen LogP contribution in [0.3, 0.4) is 0 Å². The van der Waals surface area contributed by atoms with Crippen molar-refractivity contribution in [2.45, 2.75) is 376 Å². The summed E-state index contributed by atoms with van der Waals surface area (Å²) in [4.78, 5) is 3.27. The lowest BCUT2D eigenvalue weighted by Gasteiger charge is -2.42. The highest BCUT2D eigenvalue weighted by Gasteiger charge is 2.68. The van der Waals surface area contributed by atoms with Gasteiger partial charge in [0.25, 0.3) is 0 Å². The Morgan fingerprint density at radius 1 is 0.479 bits per heavy atom. The molecule has 0 saturated carbocycles. The van der Waals surface area contributed by atoms with Gasteiger partial charge >= 0.3 is 0 Å². The van der Waals surface area contributed by atoms with E-state index in [1.165, 1.54) is 0 Å². The predicted molar refractivity (Wildman–Crippen MR) is 389 cm³/mol. The van der Waals surface area contributed by atoms with Crippen molar-refractivity contribution in [2.75, 3.05) is 60.0 Å². The average molecular weight is 1420 g/mol. The van der Waals surface area contributed by atoms with Crippen LogP contribution in [0.1, 0.15) is 189 Å². The maximum Gasteiger partial charge on any atom is 0.238 e. The number of fused-ring (bicyclic) bond motifs is 10. The fraction of sp³-hybridized carbons (Fsp3) is 0.986. The molecule has 10 fully saturated rings. The highest BCUT2D eigenvalue weighted by atomic mass is 31.2. The Kier molecular flexibility index (Phi) is 32.8. The van der Waals surface area contributed by atoms with E-state index < -0.39 is 62.3 Å². The lowest BCUT2D eigenvalue weighted by atomic mass is 9.87. The molecule has 0 aromatic heterocycles. The minimum atomic E-state index is -1.91. The first kappa shape index (κ1) is 91.9. The first-order valence-corrected chi connectivity index (χ1v) is 43.8. The van der Waals surface area contributed by atoms with Crippen LogP contribution in [0, 0.1) is 24.3 Å². The van der Waals surface area contributed by atoms with Gasteiger partial charge < -0.3 is 89.5 Å². The lowest BCUT2D eigenvalue weighted by Crippen LogP contribution is -2.56. The van der Waals surface area contributed by atoms with E-state index in [0.717, 1.165) is 0 Å². The van der Waals surface area contributed by atoms with Crippen molar-refractivity contribution in [3.05, 3.63) is 11.4 Å². The zero-order valence-corrected chi connectivity index (χ0v) is 64.7. The van der Waals surface area contributed by atoms with Crippen LogP contribution in [0.2, 0.25) is 54.4 Å². The van der Waals surface area contributed by atoms with Gasteiger partial charge in [-0.3, -0.25) is 0 Å². The Labute approximate surface area is 579 Å². The van der Waals surface area contributed by atoms with Gasteiger partial charge in [0, 0.05) is 13.8 Å². The summed E-state index contributed by atoms with van der Waals surface area (Å²) < 4.78 is 96.4. The number of aliphatic hydroxyl groups is 2. The fourth-order valence-corrected chi connectivity index (χ4v) is 18.4. The van der Waals surface area contributed by atoms with Gasteiger partial charge in [0.2, 0.25) is 6.54 Å². The summed E-state index contributed by atoms with van der Waals surface area (Å²) in [5.41, 5.74) is -2.14. The third kappa shape index (κ3) is 17.5. The second-order valence-corrected chi connectivity index (χ2v) is 48.4. The molecule has 1 unspecified atom stereocenters. The number of ether oxygens (including phenoxy) is 11. The van der Waals surface area contributed by atoms with E-state index in [0.29, 0.717) is 63.9 Å². The van der Waals surface area contributed by atoms with Crippen molar-refractivity contribution in [3.8, 4) is 0 Å². The maximum atomic E-state index is 10.1. The Balaban J connectivity index is 0.000000584. The molecule has 0 aliphatic carbocycles. The number of methoxy groups -OCH3 is 1. The van der Waals surface area contributed by atoms with E-state index in [2.05, 4.69) is 162 Å². The molecule has 10 bridgehead atoms. The van der Waals surface area contributed by atoms with Gasteiger partial charge in [0.05, 0.1) is 75.8 Å². The molecule has 10 aliphatic rings. The molecule has 560 valence electrons. The first-order chi connectivity index (χ1) is 40.7. The molecule has 23 atom stereocenters. The van der Waals surface area contributed by atoms with Crippen LogP contribution in [0.15, 0.2) is 0 Å². The summed E-state index contributed by atoms with van der Waals surface area (Å²) in [5, 5.41) is 20.5. The topological polar surface area (TPSA) is 192 Å². The quantitative estimate of drug-likeness (QED) is 0.0604. The van der Waals surface area contributed by atoms with E-state index >= 15 is 0 Å². The summed E-state index contributed by atoms with van der Waals surface area (Å²) >= 11 is 0. The van der Waals surface area contributed by atoms with Crippen LogP contribution in [0.5, 0.6) is 0 Å². The Morgan fingerprint density at radius 2 is 0.755 bits per heavy atom. The number of nitrogens with zero attached hydrogens (tertiary/aromatic N) is 1. The largest absolute Gasteiger partial charge is 0.408 e. The summed E-state index contributed by atoms with van der Waals surface area (Å²) in [6, 6.07) is 0. The van der Waals surface area contributed by atoms with Gasteiger partial charge in [-0.1, -0.05) is 141 Å². The normalized spacial score (nSPS) is 39.0. The van der Waals surface area contributed by atoms with E-state index in [4.69, 9.17) is 81.0 Å². The van der Waals surface area contributed by atoms with Crippen LogP contribution in [-0.2, 0) is 74.4 Å². The van der Waals surface area contributed by atoms with E-state index in [1.807, 2.05) is 34.4 Å². The molecule has 19 nitrogen and oxygen atoms in total. The van der Waals surface area contributed by atoms with Gasteiger partial charge in [-0.15, -0.1) is 0 Å². The molecule has 0 aromatic carbocycles. The van der Waals surface area contributed by atoms with Crippen molar-refractivity contribution in [1.29, 1.82) is 0 Å².